The summed E-state index contributed by atoms with van der Waals surface area (Å²) >= 11 is 0. The van der Waals surface area contributed by atoms with Gasteiger partial charge in [-0.2, -0.15) is 0 Å². The lowest BCUT2D eigenvalue weighted by Gasteiger charge is -2.37. The molecule has 176 valence electrons. The van der Waals surface area contributed by atoms with Crippen LogP contribution in [0.25, 0.3) is 0 Å². The third kappa shape index (κ3) is 4.56. The predicted molar refractivity (Wildman–Crippen MR) is 126 cm³/mol. The van der Waals surface area contributed by atoms with E-state index in [-0.39, 0.29) is 29.8 Å². The van der Waals surface area contributed by atoms with Crippen molar-refractivity contribution in [1.82, 2.24) is 19.8 Å². The predicted octanol–water partition coefficient (Wildman–Crippen LogP) is 2.60. The summed E-state index contributed by atoms with van der Waals surface area (Å²) in [5.41, 5.74) is 12.0. The number of nitrogens with zero attached hydrogens (tertiary/aromatic N) is 3. The number of carbonyl (C=O) groups excluding carboxylic acids is 2. The Bertz CT molecular complexity index is 1060. The zero-order valence-corrected chi connectivity index (χ0v) is 19.7. The van der Waals surface area contributed by atoms with E-state index < -0.39 is 6.04 Å². The number of carbonyl (C=O) groups is 2. The van der Waals surface area contributed by atoms with E-state index >= 15 is 0 Å². The Kier molecular flexibility index (Phi) is 5.99. The maximum absolute atomic E-state index is 13.4. The average molecular weight is 450 g/mol. The zero-order chi connectivity index (χ0) is 23.1. The molecule has 3 atom stereocenters. The Labute approximate surface area is 195 Å². The second-order valence-corrected chi connectivity index (χ2v) is 10.2. The van der Waals surface area contributed by atoms with E-state index in [1.165, 1.54) is 16.7 Å². The van der Waals surface area contributed by atoms with Crippen molar-refractivity contribution in [2.24, 2.45) is 11.7 Å². The van der Waals surface area contributed by atoms with E-state index in [2.05, 4.69) is 46.9 Å². The van der Waals surface area contributed by atoms with Crippen LogP contribution in [0.4, 0.5) is 0 Å². The molecule has 2 amide bonds. The fourth-order valence-corrected chi connectivity index (χ4v) is 5.31. The molecule has 3 N–H and O–H groups in total. The summed E-state index contributed by atoms with van der Waals surface area (Å²) in [5.74, 6) is 0.0866. The Morgan fingerprint density at radius 3 is 2.70 bits per heavy atom. The van der Waals surface area contributed by atoms with E-state index in [9.17, 15) is 9.59 Å². The first-order valence-corrected chi connectivity index (χ1v) is 12.4. The number of hydrogen-bond donors (Lipinski definition) is 2. The number of rotatable bonds is 5. The van der Waals surface area contributed by atoms with E-state index in [1.807, 2.05) is 11.2 Å². The number of nitrogens with two attached hydrogens (primary N) is 1. The molecule has 0 radical (unpaired) electrons. The van der Waals surface area contributed by atoms with Crippen LogP contribution in [0, 0.1) is 19.8 Å². The van der Waals surface area contributed by atoms with Gasteiger partial charge in [0.15, 0.2) is 0 Å². The lowest BCUT2D eigenvalue weighted by Crippen LogP contribution is -2.58. The van der Waals surface area contributed by atoms with Crippen molar-refractivity contribution in [2.45, 2.75) is 90.0 Å². The summed E-state index contributed by atoms with van der Waals surface area (Å²) < 4.78 is 2.15. The fourth-order valence-electron chi connectivity index (χ4n) is 5.31. The van der Waals surface area contributed by atoms with Crippen molar-refractivity contribution >= 4 is 11.8 Å². The molecule has 7 nitrogen and oxygen atoms in total. The summed E-state index contributed by atoms with van der Waals surface area (Å²) in [5, 5.41) is 3.18. The molecule has 5 rings (SSSR count). The van der Waals surface area contributed by atoms with Crippen molar-refractivity contribution in [2.75, 3.05) is 0 Å². The molecule has 0 spiro atoms. The van der Waals surface area contributed by atoms with Crippen LogP contribution in [0.3, 0.4) is 0 Å². The quantitative estimate of drug-likeness (QED) is 0.734. The van der Waals surface area contributed by atoms with Crippen LogP contribution in [0.1, 0.15) is 66.6 Å². The molecule has 2 heterocycles. The van der Waals surface area contributed by atoms with Gasteiger partial charge in [-0.15, -0.1) is 0 Å². The normalized spacial score (nSPS) is 24.9. The van der Waals surface area contributed by atoms with Gasteiger partial charge in [-0.3, -0.25) is 9.59 Å². The number of imidazole rings is 1. The van der Waals surface area contributed by atoms with E-state index in [0.717, 1.165) is 56.5 Å². The second kappa shape index (κ2) is 8.93. The van der Waals surface area contributed by atoms with Crippen LogP contribution in [0.5, 0.6) is 0 Å². The van der Waals surface area contributed by atoms with Crippen LogP contribution < -0.4 is 11.1 Å². The lowest BCUT2D eigenvalue weighted by atomic mass is 9.90. The number of nitrogens with one attached hydrogen (secondary N) is 1. The van der Waals surface area contributed by atoms with Crippen molar-refractivity contribution in [1.29, 1.82) is 0 Å². The highest BCUT2D eigenvalue weighted by Crippen LogP contribution is 2.35. The lowest BCUT2D eigenvalue weighted by molar-refractivity contribution is -0.143. The fraction of sp³-hybridized carbons (Fsp3) is 0.577. The number of aryl methyl sites for hydroxylation is 2. The highest BCUT2D eigenvalue weighted by molar-refractivity contribution is 5.90. The standard InChI is InChI=1S/C26H35N5O2/c1-16-7-8-17(2)19(11-16)13-30-15-28-22-12-23(25(32)29-21-6-4-3-5-20(21)27)31(14-24(22)30)26(33)18-9-10-18/h7-8,11,15,18,20-21,23H,3-6,9-10,12-14,27H2,1-2H3,(H,29,32). The number of aromatic nitrogens is 2. The molecular formula is C26H35N5O2. The maximum Gasteiger partial charge on any atom is 0.243 e. The Balaban J connectivity index is 1.39. The molecule has 2 fully saturated rings. The van der Waals surface area contributed by atoms with Gasteiger partial charge in [0.05, 0.1) is 24.3 Å². The van der Waals surface area contributed by atoms with Crippen LogP contribution in [-0.2, 0) is 29.1 Å². The molecule has 1 aromatic heterocycles. The van der Waals surface area contributed by atoms with Gasteiger partial charge in [0.2, 0.25) is 11.8 Å². The molecule has 1 aromatic carbocycles. The highest BCUT2D eigenvalue weighted by Gasteiger charge is 2.43. The minimum absolute atomic E-state index is 0.00706. The average Bonchev–Trinajstić information content (AvgIpc) is 3.58. The van der Waals surface area contributed by atoms with Crippen LogP contribution in [-0.4, -0.2) is 44.4 Å². The van der Waals surface area contributed by atoms with Crippen molar-refractivity contribution in [3.8, 4) is 0 Å². The first-order chi connectivity index (χ1) is 15.9. The minimum atomic E-state index is -0.510. The van der Waals surface area contributed by atoms with Crippen LogP contribution in [0.15, 0.2) is 24.5 Å². The largest absolute Gasteiger partial charge is 0.350 e. The number of fused-ring (bicyclic) bond motifs is 1. The molecule has 3 unspecified atom stereocenters. The van der Waals surface area contributed by atoms with Crippen LogP contribution in [0.2, 0.25) is 0 Å². The SMILES string of the molecule is Cc1ccc(C)c(Cn2cnc3c2CN(C(=O)C2CC2)C(C(=O)NC2CCCCC2N)C3)c1. The first-order valence-electron chi connectivity index (χ1n) is 12.4. The molecule has 2 aliphatic carbocycles. The summed E-state index contributed by atoms with van der Waals surface area (Å²) in [6, 6.07) is 5.95. The Morgan fingerprint density at radius 2 is 1.94 bits per heavy atom. The molecular weight excluding hydrogens is 414 g/mol. The van der Waals surface area contributed by atoms with Gasteiger partial charge in [0.25, 0.3) is 0 Å². The molecule has 1 aliphatic heterocycles. The Hall–Kier alpha value is -2.67. The minimum Gasteiger partial charge on any atom is -0.350 e. The number of hydrogen-bond acceptors (Lipinski definition) is 4. The van der Waals surface area contributed by atoms with E-state index in [4.69, 9.17) is 5.73 Å². The monoisotopic (exact) mass is 449 g/mol. The van der Waals surface area contributed by atoms with Crippen molar-refractivity contribution in [3.63, 3.8) is 0 Å². The highest BCUT2D eigenvalue weighted by atomic mass is 16.2. The van der Waals surface area contributed by atoms with Gasteiger partial charge >= 0.3 is 0 Å². The van der Waals surface area contributed by atoms with E-state index in [0.29, 0.717) is 13.0 Å². The molecule has 2 saturated carbocycles. The zero-order valence-electron chi connectivity index (χ0n) is 19.7. The van der Waals surface area contributed by atoms with Gasteiger partial charge in [0, 0.05) is 31.0 Å². The summed E-state index contributed by atoms with van der Waals surface area (Å²) in [6.45, 7) is 5.38. The number of amides is 2. The van der Waals surface area contributed by atoms with Gasteiger partial charge in [0.1, 0.15) is 6.04 Å². The second-order valence-electron chi connectivity index (χ2n) is 10.2. The summed E-state index contributed by atoms with van der Waals surface area (Å²) in [4.78, 5) is 33.1. The first kappa shape index (κ1) is 22.1. The number of benzene rings is 1. The molecule has 7 heteroatoms. The topological polar surface area (TPSA) is 93.2 Å². The maximum atomic E-state index is 13.4. The summed E-state index contributed by atoms with van der Waals surface area (Å²) in [6.07, 6.45) is 8.22. The van der Waals surface area contributed by atoms with E-state index in [1.54, 1.807) is 0 Å². The summed E-state index contributed by atoms with van der Waals surface area (Å²) in [7, 11) is 0. The molecule has 0 bridgehead atoms. The smallest absolute Gasteiger partial charge is 0.243 e. The molecule has 3 aliphatic rings. The van der Waals surface area contributed by atoms with Gasteiger partial charge in [-0.1, -0.05) is 36.6 Å². The van der Waals surface area contributed by atoms with Gasteiger partial charge in [-0.05, 0) is 50.7 Å². The molecule has 0 saturated heterocycles. The van der Waals surface area contributed by atoms with Crippen molar-refractivity contribution in [3.05, 3.63) is 52.6 Å². The Morgan fingerprint density at radius 1 is 1.15 bits per heavy atom. The van der Waals surface area contributed by atoms with Gasteiger partial charge < -0.3 is 20.5 Å². The van der Waals surface area contributed by atoms with Crippen LogP contribution >= 0.6 is 0 Å². The van der Waals surface area contributed by atoms with Crippen molar-refractivity contribution < 1.29 is 9.59 Å². The molecule has 2 aromatic rings. The van der Waals surface area contributed by atoms with Gasteiger partial charge in [-0.25, -0.2) is 4.98 Å². The third-order valence-electron chi connectivity index (χ3n) is 7.62. The third-order valence-corrected chi connectivity index (χ3v) is 7.62. The molecule has 33 heavy (non-hydrogen) atoms.